The van der Waals surface area contributed by atoms with Gasteiger partial charge in [0.05, 0.1) is 11.5 Å². The molecule has 0 spiro atoms. The molecular weight excluding hydrogens is 393 g/mol. The Morgan fingerprint density at radius 3 is 2.54 bits per heavy atom. The van der Waals surface area contributed by atoms with Crippen LogP contribution in [0.25, 0.3) is 0 Å². The number of hydrogen-bond donors (Lipinski definition) is 2. The number of amides is 2. The number of benzene rings is 1. The van der Waals surface area contributed by atoms with Crippen LogP contribution in [-0.4, -0.2) is 39.9 Å². The molecule has 2 unspecified atom stereocenters. The number of halogens is 4. The van der Waals surface area contributed by atoms with E-state index in [0.29, 0.717) is 30.0 Å². The van der Waals surface area contributed by atoms with Crippen LogP contribution in [-0.2, 0) is 0 Å². The Kier molecular flexibility index (Phi) is 4.82. The number of nitrogens with one attached hydrogen (secondary N) is 1. The number of anilines is 1. The number of hydrogen-bond acceptors (Lipinski definition) is 2. The van der Waals surface area contributed by atoms with E-state index in [1.54, 1.807) is 17.0 Å². The van der Waals surface area contributed by atoms with Crippen molar-refractivity contribution in [2.75, 3.05) is 5.32 Å². The Labute approximate surface area is 167 Å². The second kappa shape index (κ2) is 6.80. The number of nitrogens with zero attached hydrogens (tertiary/aromatic N) is 1. The summed E-state index contributed by atoms with van der Waals surface area (Å²) in [5.41, 5.74) is 0.753. The molecule has 2 amide bonds. The van der Waals surface area contributed by atoms with Crippen molar-refractivity contribution in [1.82, 2.24) is 4.90 Å². The van der Waals surface area contributed by atoms with Crippen molar-refractivity contribution in [3.63, 3.8) is 0 Å². The van der Waals surface area contributed by atoms with E-state index in [-0.39, 0.29) is 36.9 Å². The summed E-state index contributed by atoms with van der Waals surface area (Å²) in [6.45, 7) is 1.81. The van der Waals surface area contributed by atoms with Crippen molar-refractivity contribution in [1.29, 1.82) is 0 Å². The maximum absolute atomic E-state index is 12.9. The lowest BCUT2D eigenvalue weighted by molar-refractivity contribution is -0.205. The number of carbonyl (C=O) groups is 1. The Hall–Kier alpha value is -1.47. The highest BCUT2D eigenvalue weighted by Crippen LogP contribution is 2.47. The highest BCUT2D eigenvalue weighted by Gasteiger charge is 2.54. The second-order valence-corrected chi connectivity index (χ2v) is 9.17. The average Bonchev–Trinajstić information content (AvgIpc) is 2.95. The third-order valence-electron chi connectivity index (χ3n) is 6.55. The van der Waals surface area contributed by atoms with Crippen molar-refractivity contribution in [3.05, 3.63) is 28.8 Å². The molecule has 0 aromatic heterocycles. The number of alkyl halides is 3. The smallest absolute Gasteiger partial charge is 0.390 e. The molecule has 4 atom stereocenters. The molecule has 154 valence electrons. The van der Waals surface area contributed by atoms with Gasteiger partial charge in [-0.1, -0.05) is 11.6 Å². The summed E-state index contributed by atoms with van der Waals surface area (Å²) in [5.74, 6) is -1.19. The first-order chi connectivity index (χ1) is 13.0. The van der Waals surface area contributed by atoms with E-state index in [9.17, 15) is 23.1 Å². The summed E-state index contributed by atoms with van der Waals surface area (Å²) in [7, 11) is 0. The van der Waals surface area contributed by atoms with Gasteiger partial charge in [-0.3, -0.25) is 0 Å². The number of fused-ring (bicyclic) bond motifs is 2. The van der Waals surface area contributed by atoms with E-state index in [2.05, 4.69) is 5.32 Å². The largest absolute Gasteiger partial charge is 0.391 e. The van der Waals surface area contributed by atoms with Gasteiger partial charge in [-0.2, -0.15) is 13.2 Å². The minimum atomic E-state index is -4.19. The summed E-state index contributed by atoms with van der Waals surface area (Å²) >= 11 is 6.33. The molecule has 8 heteroatoms. The molecule has 2 bridgehead atoms. The van der Waals surface area contributed by atoms with Gasteiger partial charge in [-0.15, -0.1) is 0 Å². The van der Waals surface area contributed by atoms with Crippen LogP contribution in [0.3, 0.4) is 0 Å². The van der Waals surface area contributed by atoms with Gasteiger partial charge in [0, 0.05) is 22.8 Å². The van der Waals surface area contributed by atoms with Crippen LogP contribution in [0, 0.1) is 5.92 Å². The highest BCUT2D eigenvalue weighted by molar-refractivity contribution is 6.31. The number of rotatable bonds is 2. The van der Waals surface area contributed by atoms with Crippen LogP contribution < -0.4 is 5.32 Å². The van der Waals surface area contributed by atoms with Gasteiger partial charge < -0.3 is 15.3 Å². The van der Waals surface area contributed by atoms with Gasteiger partial charge in [0.25, 0.3) is 0 Å². The number of carbonyl (C=O) groups excluding carboxylic acids is 1. The monoisotopic (exact) mass is 416 g/mol. The van der Waals surface area contributed by atoms with Crippen LogP contribution in [0.4, 0.5) is 23.7 Å². The van der Waals surface area contributed by atoms with Gasteiger partial charge in [-0.25, -0.2) is 4.79 Å². The maximum atomic E-state index is 12.9. The molecule has 28 heavy (non-hydrogen) atoms. The third-order valence-corrected chi connectivity index (χ3v) is 6.89. The zero-order valence-electron chi connectivity index (χ0n) is 15.6. The fourth-order valence-corrected chi connectivity index (χ4v) is 5.35. The first-order valence-electron chi connectivity index (χ1n) is 9.71. The Morgan fingerprint density at radius 2 is 1.96 bits per heavy atom. The van der Waals surface area contributed by atoms with Crippen LogP contribution in [0.15, 0.2) is 18.2 Å². The van der Waals surface area contributed by atoms with E-state index in [1.165, 1.54) is 0 Å². The van der Waals surface area contributed by atoms with Gasteiger partial charge in [0.1, 0.15) is 0 Å². The van der Waals surface area contributed by atoms with Gasteiger partial charge in [0.15, 0.2) is 0 Å². The van der Waals surface area contributed by atoms with E-state index in [4.69, 9.17) is 11.6 Å². The molecule has 1 saturated heterocycles. The lowest BCUT2D eigenvalue weighted by Crippen LogP contribution is -2.65. The average molecular weight is 417 g/mol. The van der Waals surface area contributed by atoms with Crippen LogP contribution in [0.1, 0.15) is 56.9 Å². The fourth-order valence-electron chi connectivity index (χ4n) is 5.08. The molecule has 1 aromatic carbocycles. The highest BCUT2D eigenvalue weighted by atomic mass is 35.5. The Bertz CT molecular complexity index is 771. The zero-order valence-corrected chi connectivity index (χ0v) is 16.4. The Balaban J connectivity index is 1.43. The van der Waals surface area contributed by atoms with Crippen molar-refractivity contribution in [3.8, 4) is 0 Å². The molecule has 1 heterocycles. The first-order valence-corrected chi connectivity index (χ1v) is 10.1. The molecule has 2 N–H and O–H groups in total. The first kappa shape index (κ1) is 19.8. The summed E-state index contributed by atoms with van der Waals surface area (Å²) in [6.07, 6.45) is -1.45. The molecular formula is C20H24ClF3N2O2. The molecule has 1 aromatic rings. The number of aliphatic hydroxyl groups is 1. The molecule has 4 nitrogen and oxygen atoms in total. The van der Waals surface area contributed by atoms with E-state index in [0.717, 1.165) is 12.0 Å². The molecule has 1 aliphatic heterocycles. The standard InChI is InChI=1S/C20H24ClF3N2O2/c1-19(28)5-4-11(10-19)16-8-13(2-3-17(16)21)25-18(27)26-14-6-12(20(22,23)24)7-15(26)9-14/h2-3,8,11-12,14-15,28H,4-7,9-10H2,1H3,(H,25,27)/t11-,12?,14?,15?,19-/m1/s1. The second-order valence-electron chi connectivity index (χ2n) is 8.76. The summed E-state index contributed by atoms with van der Waals surface area (Å²) in [5, 5.41) is 13.6. The predicted octanol–water partition coefficient (Wildman–Crippen LogP) is 5.31. The zero-order chi connectivity index (χ0) is 20.3. The molecule has 0 radical (unpaired) electrons. The molecule has 3 fully saturated rings. The number of likely N-dealkylation sites (tertiary alicyclic amines) is 1. The van der Waals surface area contributed by atoms with Crippen molar-refractivity contribution < 1.29 is 23.1 Å². The maximum Gasteiger partial charge on any atom is 0.391 e. The van der Waals surface area contributed by atoms with Gasteiger partial charge in [0.2, 0.25) is 0 Å². The van der Waals surface area contributed by atoms with Crippen molar-refractivity contribution in [2.24, 2.45) is 5.92 Å². The minimum Gasteiger partial charge on any atom is -0.390 e. The van der Waals surface area contributed by atoms with Gasteiger partial charge >= 0.3 is 12.2 Å². The fraction of sp³-hybridized carbons (Fsp3) is 0.650. The molecule has 4 rings (SSSR count). The van der Waals surface area contributed by atoms with Crippen LogP contribution >= 0.6 is 11.6 Å². The topological polar surface area (TPSA) is 52.6 Å². The predicted molar refractivity (Wildman–Crippen MR) is 100 cm³/mol. The number of piperidine rings is 1. The van der Waals surface area contributed by atoms with Crippen LogP contribution in [0.5, 0.6) is 0 Å². The lowest BCUT2D eigenvalue weighted by atomic mass is 9.73. The van der Waals surface area contributed by atoms with Gasteiger partial charge in [-0.05, 0) is 75.1 Å². The summed E-state index contributed by atoms with van der Waals surface area (Å²) in [6, 6.07) is 4.19. The summed E-state index contributed by atoms with van der Waals surface area (Å²) in [4.78, 5) is 14.2. The molecule has 3 aliphatic rings. The van der Waals surface area contributed by atoms with Crippen molar-refractivity contribution in [2.45, 2.75) is 75.2 Å². The van der Waals surface area contributed by atoms with E-state index in [1.807, 2.05) is 13.0 Å². The lowest BCUT2D eigenvalue weighted by Gasteiger charge is -2.55. The molecule has 2 aliphatic carbocycles. The van der Waals surface area contributed by atoms with Crippen molar-refractivity contribution >= 4 is 23.3 Å². The quantitative estimate of drug-likeness (QED) is 0.686. The van der Waals surface area contributed by atoms with E-state index >= 15 is 0 Å². The number of urea groups is 1. The van der Waals surface area contributed by atoms with E-state index < -0.39 is 17.7 Å². The third kappa shape index (κ3) is 3.71. The normalized spacial score (nSPS) is 34.9. The van der Waals surface area contributed by atoms with Crippen LogP contribution in [0.2, 0.25) is 5.02 Å². The minimum absolute atomic E-state index is 0.0174. The molecule has 2 saturated carbocycles. The SMILES string of the molecule is C[C@@]1(O)CC[C@@H](c2cc(NC(=O)N3C4CC3CC(C(F)(F)F)C4)ccc2Cl)C1. The Morgan fingerprint density at radius 1 is 1.29 bits per heavy atom. The summed E-state index contributed by atoms with van der Waals surface area (Å²) < 4.78 is 38.8.